The van der Waals surface area contributed by atoms with Gasteiger partial charge in [-0.05, 0) is 37.4 Å². The number of hydrogen-bond acceptors (Lipinski definition) is 4. The number of aromatic nitrogens is 4. The Labute approximate surface area is 123 Å². The number of piperidine rings is 1. The lowest BCUT2D eigenvalue weighted by Gasteiger charge is -2.30. The molecule has 1 aliphatic rings. The standard InChI is InChI=1S/C16H19N5/c1-12-5-4-8-20(9-12)10-15-18-19-16-13-6-2-3-7-14(13)17-11-21(15)16/h2-3,6-7,11-12H,4-5,8-10H2,1H3/t12-/m1/s1. The summed E-state index contributed by atoms with van der Waals surface area (Å²) in [7, 11) is 0. The van der Waals surface area contributed by atoms with Crippen LogP contribution in [0.4, 0.5) is 0 Å². The fraction of sp³-hybridized carbons (Fsp3) is 0.438. The van der Waals surface area contributed by atoms with Crippen LogP contribution in [0.5, 0.6) is 0 Å². The van der Waals surface area contributed by atoms with Crippen LogP contribution in [0.25, 0.3) is 16.6 Å². The number of fused-ring (bicyclic) bond motifs is 3. The summed E-state index contributed by atoms with van der Waals surface area (Å²) in [5.74, 6) is 1.76. The van der Waals surface area contributed by atoms with Gasteiger partial charge >= 0.3 is 0 Å². The molecule has 1 saturated heterocycles. The van der Waals surface area contributed by atoms with Crippen molar-refractivity contribution in [1.29, 1.82) is 0 Å². The molecular weight excluding hydrogens is 262 g/mol. The third-order valence-corrected chi connectivity index (χ3v) is 4.33. The molecule has 1 aliphatic heterocycles. The topological polar surface area (TPSA) is 46.3 Å². The van der Waals surface area contributed by atoms with Gasteiger partial charge in [-0.25, -0.2) is 4.98 Å². The second-order valence-corrected chi connectivity index (χ2v) is 6.05. The van der Waals surface area contributed by atoms with Gasteiger partial charge in [0.2, 0.25) is 0 Å². The molecule has 3 aromatic rings. The third kappa shape index (κ3) is 2.27. The molecule has 1 atom stereocenters. The first-order chi connectivity index (χ1) is 10.3. The Hall–Kier alpha value is -2.01. The SMILES string of the molecule is C[C@@H]1CCCN(Cc2nnc3c4ccccc4ncn23)C1. The van der Waals surface area contributed by atoms with Gasteiger partial charge in [-0.3, -0.25) is 9.30 Å². The maximum absolute atomic E-state index is 4.51. The maximum Gasteiger partial charge on any atom is 0.171 e. The number of benzene rings is 1. The summed E-state index contributed by atoms with van der Waals surface area (Å²) in [6, 6.07) is 8.08. The van der Waals surface area contributed by atoms with Crippen molar-refractivity contribution in [2.24, 2.45) is 5.92 Å². The Morgan fingerprint density at radius 3 is 3.05 bits per heavy atom. The van der Waals surface area contributed by atoms with Crippen LogP contribution in [-0.4, -0.2) is 37.6 Å². The Morgan fingerprint density at radius 2 is 2.14 bits per heavy atom. The zero-order chi connectivity index (χ0) is 14.2. The van der Waals surface area contributed by atoms with Crippen LogP contribution in [0, 0.1) is 5.92 Å². The molecule has 5 nitrogen and oxygen atoms in total. The van der Waals surface area contributed by atoms with Gasteiger partial charge in [0, 0.05) is 11.9 Å². The van der Waals surface area contributed by atoms with Gasteiger partial charge in [-0.15, -0.1) is 10.2 Å². The van der Waals surface area contributed by atoms with Crippen LogP contribution < -0.4 is 0 Å². The molecule has 3 heterocycles. The van der Waals surface area contributed by atoms with Crippen LogP contribution in [-0.2, 0) is 6.54 Å². The number of hydrogen-bond donors (Lipinski definition) is 0. The van der Waals surface area contributed by atoms with E-state index in [2.05, 4.69) is 33.1 Å². The monoisotopic (exact) mass is 281 g/mol. The predicted octanol–water partition coefficient (Wildman–Crippen LogP) is 2.51. The smallest absolute Gasteiger partial charge is 0.171 e. The van der Waals surface area contributed by atoms with E-state index in [-0.39, 0.29) is 0 Å². The van der Waals surface area contributed by atoms with Gasteiger partial charge in [-0.1, -0.05) is 19.1 Å². The second kappa shape index (κ2) is 5.07. The average Bonchev–Trinajstić information content (AvgIpc) is 2.91. The normalized spacial score (nSPS) is 20.3. The number of nitrogens with zero attached hydrogens (tertiary/aromatic N) is 5. The van der Waals surface area contributed by atoms with Gasteiger partial charge < -0.3 is 0 Å². The Morgan fingerprint density at radius 1 is 1.24 bits per heavy atom. The first-order valence-corrected chi connectivity index (χ1v) is 7.61. The van der Waals surface area contributed by atoms with Crippen molar-refractivity contribution in [3.63, 3.8) is 0 Å². The van der Waals surface area contributed by atoms with Crippen LogP contribution in [0.3, 0.4) is 0 Å². The van der Waals surface area contributed by atoms with Gasteiger partial charge in [0.05, 0.1) is 12.1 Å². The van der Waals surface area contributed by atoms with E-state index >= 15 is 0 Å². The minimum atomic E-state index is 0.775. The molecule has 21 heavy (non-hydrogen) atoms. The summed E-state index contributed by atoms with van der Waals surface area (Å²) in [6.07, 6.45) is 4.46. The fourth-order valence-corrected chi connectivity index (χ4v) is 3.26. The Kier molecular flexibility index (Phi) is 3.07. The zero-order valence-corrected chi connectivity index (χ0v) is 12.2. The highest BCUT2D eigenvalue weighted by Gasteiger charge is 2.19. The average molecular weight is 281 g/mol. The molecule has 1 aromatic carbocycles. The molecule has 2 aromatic heterocycles. The van der Waals surface area contributed by atoms with Crippen molar-refractivity contribution in [3.05, 3.63) is 36.4 Å². The summed E-state index contributed by atoms with van der Waals surface area (Å²) in [5, 5.41) is 9.83. The Balaban J connectivity index is 1.71. The molecule has 0 unspecified atom stereocenters. The zero-order valence-electron chi connectivity index (χ0n) is 12.2. The van der Waals surface area contributed by atoms with Crippen molar-refractivity contribution in [1.82, 2.24) is 24.5 Å². The van der Waals surface area contributed by atoms with Gasteiger partial charge in [0.15, 0.2) is 11.5 Å². The number of likely N-dealkylation sites (tertiary alicyclic amines) is 1. The molecule has 0 spiro atoms. The van der Waals surface area contributed by atoms with E-state index in [1.807, 2.05) is 28.9 Å². The lowest BCUT2D eigenvalue weighted by atomic mass is 10.0. The number of para-hydroxylation sites is 1. The van der Waals surface area contributed by atoms with Gasteiger partial charge in [0.1, 0.15) is 6.33 Å². The minimum Gasteiger partial charge on any atom is -0.296 e. The van der Waals surface area contributed by atoms with E-state index in [0.717, 1.165) is 47.9 Å². The first kappa shape index (κ1) is 12.7. The number of rotatable bonds is 2. The highest BCUT2D eigenvalue weighted by atomic mass is 15.3. The van der Waals surface area contributed by atoms with E-state index in [1.165, 1.54) is 12.8 Å². The molecule has 1 fully saturated rings. The molecule has 0 N–H and O–H groups in total. The quantitative estimate of drug-likeness (QED) is 0.724. The van der Waals surface area contributed by atoms with Crippen LogP contribution in [0.1, 0.15) is 25.6 Å². The van der Waals surface area contributed by atoms with Gasteiger partial charge in [-0.2, -0.15) is 0 Å². The van der Waals surface area contributed by atoms with E-state index in [0.29, 0.717) is 0 Å². The highest BCUT2D eigenvalue weighted by molar-refractivity contribution is 5.90. The molecule has 0 aliphatic carbocycles. The van der Waals surface area contributed by atoms with E-state index in [4.69, 9.17) is 0 Å². The van der Waals surface area contributed by atoms with E-state index in [9.17, 15) is 0 Å². The summed E-state index contributed by atoms with van der Waals surface area (Å²) >= 11 is 0. The summed E-state index contributed by atoms with van der Waals surface area (Å²) in [4.78, 5) is 6.99. The Bertz CT molecular complexity index is 779. The van der Waals surface area contributed by atoms with Crippen molar-refractivity contribution in [2.45, 2.75) is 26.3 Å². The molecule has 5 heteroatoms. The second-order valence-electron chi connectivity index (χ2n) is 6.05. The minimum absolute atomic E-state index is 0.775. The first-order valence-electron chi connectivity index (χ1n) is 7.61. The van der Waals surface area contributed by atoms with Crippen LogP contribution in [0.2, 0.25) is 0 Å². The van der Waals surface area contributed by atoms with Crippen molar-refractivity contribution >= 4 is 16.6 Å². The van der Waals surface area contributed by atoms with Crippen LogP contribution >= 0.6 is 0 Å². The molecule has 0 bridgehead atoms. The lowest BCUT2D eigenvalue weighted by Crippen LogP contribution is -2.34. The van der Waals surface area contributed by atoms with E-state index < -0.39 is 0 Å². The highest BCUT2D eigenvalue weighted by Crippen LogP contribution is 2.20. The van der Waals surface area contributed by atoms with Crippen molar-refractivity contribution in [2.75, 3.05) is 13.1 Å². The van der Waals surface area contributed by atoms with Crippen molar-refractivity contribution < 1.29 is 0 Å². The van der Waals surface area contributed by atoms with E-state index in [1.54, 1.807) is 0 Å². The largest absolute Gasteiger partial charge is 0.296 e. The molecule has 0 saturated carbocycles. The molecule has 4 rings (SSSR count). The molecule has 108 valence electrons. The molecule has 0 radical (unpaired) electrons. The van der Waals surface area contributed by atoms with Crippen LogP contribution in [0.15, 0.2) is 30.6 Å². The lowest BCUT2D eigenvalue weighted by molar-refractivity contribution is 0.172. The van der Waals surface area contributed by atoms with Gasteiger partial charge in [0.25, 0.3) is 0 Å². The predicted molar refractivity (Wildman–Crippen MR) is 82.0 cm³/mol. The maximum atomic E-state index is 4.51. The fourth-order valence-electron chi connectivity index (χ4n) is 3.26. The summed E-state index contributed by atoms with van der Waals surface area (Å²) < 4.78 is 2.03. The summed E-state index contributed by atoms with van der Waals surface area (Å²) in [5.41, 5.74) is 1.87. The van der Waals surface area contributed by atoms with Crippen molar-refractivity contribution in [3.8, 4) is 0 Å². The summed E-state index contributed by atoms with van der Waals surface area (Å²) in [6.45, 7) is 5.48. The molecular formula is C16H19N5. The third-order valence-electron chi connectivity index (χ3n) is 4.33. The molecule has 0 amide bonds.